The molecule has 10 heteroatoms. The summed E-state index contributed by atoms with van der Waals surface area (Å²) in [5.74, 6) is 1.05. The average molecular weight is 430 g/mol. The molecule has 31 heavy (non-hydrogen) atoms. The van der Waals surface area contributed by atoms with Crippen LogP contribution < -0.4 is 9.64 Å². The molecule has 1 saturated heterocycles. The molecule has 2 aliphatic rings. The minimum Gasteiger partial charge on any atom is -0.471 e. The van der Waals surface area contributed by atoms with Gasteiger partial charge in [-0.05, 0) is 33.8 Å². The fourth-order valence-corrected chi connectivity index (χ4v) is 3.80. The van der Waals surface area contributed by atoms with Gasteiger partial charge < -0.3 is 19.3 Å². The van der Waals surface area contributed by atoms with Crippen molar-refractivity contribution < 1.29 is 18.7 Å². The molecule has 0 N–H and O–H groups in total. The Hall–Kier alpha value is -3.04. The Morgan fingerprint density at radius 1 is 1.26 bits per heavy atom. The van der Waals surface area contributed by atoms with Crippen LogP contribution in [0.5, 0.6) is 5.88 Å². The first kappa shape index (κ1) is 21.2. The number of carbonyl (C=O) groups is 1. The molecule has 1 fully saturated rings. The second-order valence-corrected chi connectivity index (χ2v) is 8.78. The Bertz CT molecular complexity index is 966. The molecule has 2 aromatic rings. The largest absolute Gasteiger partial charge is 0.471 e. The summed E-state index contributed by atoms with van der Waals surface area (Å²) in [5, 5.41) is 8.11. The number of carbonyl (C=O) groups excluding carboxylic acids is 1. The molecule has 0 aliphatic carbocycles. The zero-order valence-corrected chi connectivity index (χ0v) is 18.2. The normalized spacial score (nSPS) is 21.1. The molecule has 166 valence electrons. The van der Waals surface area contributed by atoms with Gasteiger partial charge in [0, 0.05) is 25.9 Å². The van der Waals surface area contributed by atoms with Crippen LogP contribution in [0.2, 0.25) is 0 Å². The lowest BCUT2D eigenvalue weighted by Crippen LogP contribution is -2.50. The number of alkyl halides is 1. The number of fused-ring (bicyclic) bond motifs is 1. The van der Waals surface area contributed by atoms with Crippen LogP contribution in [-0.4, -0.2) is 68.7 Å². The Labute approximate surface area is 180 Å². The van der Waals surface area contributed by atoms with Crippen molar-refractivity contribution in [3.8, 4) is 5.88 Å². The van der Waals surface area contributed by atoms with E-state index >= 15 is 0 Å². The lowest BCUT2D eigenvalue weighted by molar-refractivity contribution is -0.0116. The van der Waals surface area contributed by atoms with Crippen LogP contribution in [-0.2, 0) is 11.2 Å². The lowest BCUT2D eigenvalue weighted by atomic mass is 10.1. The molecule has 2 aromatic heterocycles. The number of hydrogen-bond donors (Lipinski definition) is 0. The van der Waals surface area contributed by atoms with Crippen molar-refractivity contribution in [2.45, 2.75) is 58.4 Å². The van der Waals surface area contributed by atoms with E-state index in [1.807, 2.05) is 17.9 Å². The van der Waals surface area contributed by atoms with Crippen LogP contribution in [0.25, 0.3) is 0 Å². The summed E-state index contributed by atoms with van der Waals surface area (Å²) >= 11 is 0. The summed E-state index contributed by atoms with van der Waals surface area (Å²) < 4.78 is 26.2. The van der Waals surface area contributed by atoms with Crippen molar-refractivity contribution in [3.05, 3.63) is 29.8 Å². The van der Waals surface area contributed by atoms with Gasteiger partial charge in [0.1, 0.15) is 23.9 Å². The number of rotatable bonds is 3. The van der Waals surface area contributed by atoms with E-state index in [1.54, 1.807) is 27.0 Å². The zero-order chi connectivity index (χ0) is 22.2. The van der Waals surface area contributed by atoms with Crippen LogP contribution in [0.15, 0.2) is 18.6 Å². The summed E-state index contributed by atoms with van der Waals surface area (Å²) in [4.78, 5) is 24.3. The summed E-state index contributed by atoms with van der Waals surface area (Å²) in [6.45, 7) is 8.23. The van der Waals surface area contributed by atoms with Crippen molar-refractivity contribution >= 4 is 17.6 Å². The number of likely N-dealkylation sites (tertiary alicyclic amines) is 1. The van der Waals surface area contributed by atoms with Gasteiger partial charge in [-0.1, -0.05) is 0 Å². The van der Waals surface area contributed by atoms with Crippen LogP contribution in [0.3, 0.4) is 0 Å². The number of amides is 1. The van der Waals surface area contributed by atoms with Gasteiger partial charge in [-0.3, -0.25) is 0 Å². The molecule has 0 radical (unpaired) electrons. The highest BCUT2D eigenvalue weighted by atomic mass is 19.1. The van der Waals surface area contributed by atoms with Gasteiger partial charge in [-0.2, -0.15) is 10.2 Å². The summed E-state index contributed by atoms with van der Waals surface area (Å²) in [7, 11) is 0. The molecular weight excluding hydrogens is 403 g/mol. The summed E-state index contributed by atoms with van der Waals surface area (Å²) in [6.07, 6.45) is 1.65. The van der Waals surface area contributed by atoms with Gasteiger partial charge in [0.05, 0.1) is 29.7 Å². The molecule has 1 amide bonds. The lowest BCUT2D eigenvalue weighted by Gasteiger charge is -2.35. The van der Waals surface area contributed by atoms with E-state index in [-0.39, 0.29) is 6.54 Å². The highest BCUT2D eigenvalue weighted by Crippen LogP contribution is 2.35. The van der Waals surface area contributed by atoms with Crippen molar-refractivity contribution in [1.29, 1.82) is 0 Å². The Morgan fingerprint density at radius 3 is 2.81 bits per heavy atom. The molecule has 4 rings (SSSR count). The number of anilines is 2. The minimum atomic E-state index is -1.35. The smallest absolute Gasteiger partial charge is 0.410 e. The maximum atomic E-state index is 14.9. The molecule has 0 spiro atoms. The standard InChI is InChI=1S/C21H27FN6O3/c1-13-18(28-10-6-15-16(28)5-8-25-26-15)23-12-24-19(13)30-17-7-9-27(11-14(17)22)20(29)31-21(2,3)4/h5,8,12,14,17H,6-7,9-11H2,1-4H3. The van der Waals surface area contributed by atoms with E-state index in [2.05, 4.69) is 20.2 Å². The second-order valence-electron chi connectivity index (χ2n) is 8.78. The Balaban J connectivity index is 1.45. The molecule has 4 heterocycles. The third-order valence-electron chi connectivity index (χ3n) is 5.30. The number of aromatic nitrogens is 4. The molecule has 2 aliphatic heterocycles. The molecular formula is C21H27FN6O3. The number of halogens is 1. The quantitative estimate of drug-likeness (QED) is 0.734. The Morgan fingerprint density at radius 2 is 2.06 bits per heavy atom. The van der Waals surface area contributed by atoms with E-state index in [4.69, 9.17) is 9.47 Å². The maximum absolute atomic E-state index is 14.9. The van der Waals surface area contributed by atoms with Gasteiger partial charge in [0.2, 0.25) is 5.88 Å². The molecule has 0 aromatic carbocycles. The first-order valence-electron chi connectivity index (χ1n) is 10.4. The van der Waals surface area contributed by atoms with E-state index in [0.717, 1.165) is 29.9 Å². The predicted molar refractivity (Wildman–Crippen MR) is 111 cm³/mol. The number of ether oxygens (including phenoxy) is 2. The first-order chi connectivity index (χ1) is 14.7. The third-order valence-corrected chi connectivity index (χ3v) is 5.30. The third kappa shape index (κ3) is 4.52. The van der Waals surface area contributed by atoms with Crippen LogP contribution in [0, 0.1) is 6.92 Å². The highest BCUT2D eigenvalue weighted by molar-refractivity contribution is 5.69. The number of piperidine rings is 1. The predicted octanol–water partition coefficient (Wildman–Crippen LogP) is 3.00. The SMILES string of the molecule is Cc1c(OC2CCN(C(=O)OC(C)(C)C)CC2F)ncnc1N1CCc2nnccc21. The fraction of sp³-hybridized carbons (Fsp3) is 0.571. The van der Waals surface area contributed by atoms with Crippen LogP contribution in [0.4, 0.5) is 20.7 Å². The van der Waals surface area contributed by atoms with Crippen molar-refractivity contribution in [2.75, 3.05) is 24.5 Å². The van der Waals surface area contributed by atoms with Crippen LogP contribution in [0.1, 0.15) is 38.4 Å². The second kappa shape index (κ2) is 8.24. The van der Waals surface area contributed by atoms with E-state index < -0.39 is 24.0 Å². The van der Waals surface area contributed by atoms with E-state index in [1.165, 1.54) is 11.2 Å². The first-order valence-corrected chi connectivity index (χ1v) is 10.4. The molecule has 2 atom stereocenters. The molecule has 0 bridgehead atoms. The van der Waals surface area contributed by atoms with E-state index in [9.17, 15) is 9.18 Å². The van der Waals surface area contributed by atoms with Gasteiger partial charge in [-0.15, -0.1) is 0 Å². The van der Waals surface area contributed by atoms with E-state index in [0.29, 0.717) is 24.7 Å². The van der Waals surface area contributed by atoms with Crippen LogP contribution >= 0.6 is 0 Å². The molecule has 9 nitrogen and oxygen atoms in total. The summed E-state index contributed by atoms with van der Waals surface area (Å²) in [5.41, 5.74) is 1.98. The number of hydrogen-bond acceptors (Lipinski definition) is 8. The monoisotopic (exact) mass is 430 g/mol. The minimum absolute atomic E-state index is 0.0747. The van der Waals surface area contributed by atoms with Gasteiger partial charge >= 0.3 is 6.09 Å². The van der Waals surface area contributed by atoms with Gasteiger partial charge in [0.25, 0.3) is 0 Å². The highest BCUT2D eigenvalue weighted by Gasteiger charge is 2.36. The zero-order valence-electron chi connectivity index (χ0n) is 18.2. The van der Waals surface area contributed by atoms with Crippen molar-refractivity contribution in [1.82, 2.24) is 25.1 Å². The van der Waals surface area contributed by atoms with Crippen molar-refractivity contribution in [3.63, 3.8) is 0 Å². The summed E-state index contributed by atoms with van der Waals surface area (Å²) in [6, 6.07) is 1.90. The van der Waals surface area contributed by atoms with Gasteiger partial charge in [-0.25, -0.2) is 19.2 Å². The molecule has 0 saturated carbocycles. The Kier molecular flexibility index (Phi) is 5.63. The molecule has 2 unspecified atom stereocenters. The maximum Gasteiger partial charge on any atom is 0.410 e. The number of nitrogens with zero attached hydrogens (tertiary/aromatic N) is 6. The topological polar surface area (TPSA) is 93.6 Å². The average Bonchev–Trinajstić information content (AvgIpc) is 3.13. The fourth-order valence-electron chi connectivity index (χ4n) is 3.80. The van der Waals surface area contributed by atoms with Gasteiger partial charge in [0.15, 0.2) is 6.17 Å². The van der Waals surface area contributed by atoms with Crippen molar-refractivity contribution in [2.24, 2.45) is 0 Å².